The summed E-state index contributed by atoms with van der Waals surface area (Å²) in [5, 5.41) is 3.50. The van der Waals surface area contributed by atoms with Gasteiger partial charge in [0, 0.05) is 11.8 Å². The van der Waals surface area contributed by atoms with Crippen LogP contribution in [0.25, 0.3) is 0 Å². The van der Waals surface area contributed by atoms with Gasteiger partial charge in [0.1, 0.15) is 5.78 Å². The van der Waals surface area contributed by atoms with Crippen LogP contribution in [0.5, 0.6) is 0 Å². The summed E-state index contributed by atoms with van der Waals surface area (Å²) in [5.41, 5.74) is 0.444. The standard InChI is InChI=1S/C18H29NO/c1-2-16(20)18(3-5-19-6-4-18)17-10-13-7-14(11-17)9-15(8-13)12-17/h13-15,19H,2-12H2,1H3. The van der Waals surface area contributed by atoms with Crippen LogP contribution in [-0.2, 0) is 4.79 Å². The molecule has 2 heteroatoms. The molecule has 112 valence electrons. The highest BCUT2D eigenvalue weighted by Gasteiger charge is 2.62. The summed E-state index contributed by atoms with van der Waals surface area (Å²) in [6, 6.07) is 0. The predicted molar refractivity (Wildman–Crippen MR) is 80.4 cm³/mol. The Labute approximate surface area is 123 Å². The SMILES string of the molecule is CCC(=O)C1(C23CC4CC(CC(C4)C2)C3)CCNCC1. The predicted octanol–water partition coefficient (Wildman–Crippen LogP) is 3.55. The highest BCUT2D eigenvalue weighted by Crippen LogP contribution is 2.68. The van der Waals surface area contributed by atoms with Crippen molar-refractivity contribution in [2.24, 2.45) is 28.6 Å². The van der Waals surface area contributed by atoms with Crippen LogP contribution < -0.4 is 5.32 Å². The van der Waals surface area contributed by atoms with Crippen molar-refractivity contribution in [2.45, 2.75) is 64.7 Å². The Hall–Kier alpha value is -0.370. The zero-order valence-corrected chi connectivity index (χ0v) is 12.9. The number of nitrogens with one attached hydrogen (secondary N) is 1. The van der Waals surface area contributed by atoms with Crippen LogP contribution in [0, 0.1) is 28.6 Å². The molecule has 0 aromatic rings. The normalized spacial score (nSPS) is 45.5. The van der Waals surface area contributed by atoms with E-state index in [1.54, 1.807) is 0 Å². The van der Waals surface area contributed by atoms with Crippen LogP contribution in [0.15, 0.2) is 0 Å². The van der Waals surface area contributed by atoms with Crippen LogP contribution in [0.4, 0.5) is 0 Å². The Balaban J connectivity index is 1.73. The molecule has 1 N–H and O–H groups in total. The average Bonchev–Trinajstić information content (AvgIpc) is 2.45. The molecule has 1 heterocycles. The molecule has 5 rings (SSSR count). The van der Waals surface area contributed by atoms with Crippen molar-refractivity contribution >= 4 is 5.78 Å². The van der Waals surface area contributed by atoms with Crippen molar-refractivity contribution in [3.63, 3.8) is 0 Å². The van der Waals surface area contributed by atoms with E-state index >= 15 is 0 Å². The Morgan fingerprint density at radius 1 is 1.00 bits per heavy atom. The second-order valence-corrected chi connectivity index (χ2v) is 8.31. The van der Waals surface area contributed by atoms with Crippen molar-refractivity contribution in [1.82, 2.24) is 5.32 Å². The van der Waals surface area contributed by atoms with Gasteiger partial charge >= 0.3 is 0 Å². The summed E-state index contributed by atoms with van der Waals surface area (Å²) < 4.78 is 0. The van der Waals surface area contributed by atoms with E-state index in [2.05, 4.69) is 12.2 Å². The number of rotatable bonds is 3. The summed E-state index contributed by atoms with van der Waals surface area (Å²) >= 11 is 0. The van der Waals surface area contributed by atoms with E-state index in [-0.39, 0.29) is 5.41 Å². The molecule has 20 heavy (non-hydrogen) atoms. The number of hydrogen-bond donors (Lipinski definition) is 1. The maximum Gasteiger partial charge on any atom is 0.139 e. The van der Waals surface area contributed by atoms with E-state index in [9.17, 15) is 4.79 Å². The third-order valence-corrected chi connectivity index (χ3v) is 7.37. The molecule has 5 aliphatic rings. The Morgan fingerprint density at radius 2 is 1.50 bits per heavy atom. The van der Waals surface area contributed by atoms with E-state index < -0.39 is 0 Å². The molecule has 0 aromatic heterocycles. The fourth-order valence-corrected chi connectivity index (χ4v) is 6.99. The Morgan fingerprint density at radius 3 is 1.95 bits per heavy atom. The molecule has 0 aromatic carbocycles. The number of ketones is 1. The van der Waals surface area contributed by atoms with Crippen LogP contribution in [0.3, 0.4) is 0 Å². The molecule has 0 atom stereocenters. The van der Waals surface area contributed by atoms with Crippen molar-refractivity contribution in [1.29, 1.82) is 0 Å². The van der Waals surface area contributed by atoms with Gasteiger partial charge in [0.15, 0.2) is 0 Å². The van der Waals surface area contributed by atoms with E-state index in [1.807, 2.05) is 0 Å². The zero-order chi connectivity index (χ0) is 13.8. The van der Waals surface area contributed by atoms with Gasteiger partial charge in [-0.2, -0.15) is 0 Å². The fraction of sp³-hybridized carbons (Fsp3) is 0.944. The summed E-state index contributed by atoms with van der Waals surface area (Å²) in [6.45, 7) is 4.22. The van der Waals surface area contributed by atoms with Gasteiger partial charge < -0.3 is 5.32 Å². The van der Waals surface area contributed by atoms with Crippen LogP contribution in [-0.4, -0.2) is 18.9 Å². The summed E-state index contributed by atoms with van der Waals surface area (Å²) in [7, 11) is 0. The first kappa shape index (κ1) is 13.3. The lowest BCUT2D eigenvalue weighted by Crippen LogP contribution is -2.60. The highest BCUT2D eigenvalue weighted by molar-refractivity contribution is 5.85. The monoisotopic (exact) mass is 275 g/mol. The van der Waals surface area contributed by atoms with E-state index in [0.29, 0.717) is 11.2 Å². The van der Waals surface area contributed by atoms with Crippen molar-refractivity contribution < 1.29 is 4.79 Å². The minimum absolute atomic E-state index is 0.0447. The first-order chi connectivity index (χ1) is 9.67. The van der Waals surface area contributed by atoms with Crippen molar-refractivity contribution in [2.75, 3.05) is 13.1 Å². The lowest BCUT2D eigenvalue weighted by molar-refractivity contribution is -0.166. The molecule has 1 aliphatic heterocycles. The number of piperidine rings is 1. The van der Waals surface area contributed by atoms with Gasteiger partial charge in [-0.1, -0.05) is 6.92 Å². The average molecular weight is 275 g/mol. The lowest BCUT2D eigenvalue weighted by Gasteiger charge is -2.64. The van der Waals surface area contributed by atoms with Crippen LogP contribution in [0.2, 0.25) is 0 Å². The van der Waals surface area contributed by atoms with Crippen molar-refractivity contribution in [3.05, 3.63) is 0 Å². The number of carbonyl (C=O) groups is 1. The van der Waals surface area contributed by atoms with E-state index in [0.717, 1.165) is 50.1 Å². The maximum absolute atomic E-state index is 13.0. The van der Waals surface area contributed by atoms with Crippen LogP contribution in [0.1, 0.15) is 64.7 Å². The second kappa shape index (κ2) is 4.56. The Kier molecular flexibility index (Phi) is 3.03. The van der Waals surface area contributed by atoms with Gasteiger partial charge in [0.2, 0.25) is 0 Å². The Bertz CT molecular complexity index is 372. The van der Waals surface area contributed by atoms with Gasteiger partial charge in [0.25, 0.3) is 0 Å². The highest BCUT2D eigenvalue weighted by atomic mass is 16.1. The largest absolute Gasteiger partial charge is 0.317 e. The van der Waals surface area contributed by atoms with Gasteiger partial charge in [-0.3, -0.25) is 4.79 Å². The van der Waals surface area contributed by atoms with Gasteiger partial charge in [0.05, 0.1) is 0 Å². The summed E-state index contributed by atoms with van der Waals surface area (Å²) in [5.74, 6) is 3.47. The first-order valence-corrected chi connectivity index (χ1v) is 8.91. The molecule has 4 aliphatic carbocycles. The molecule has 2 nitrogen and oxygen atoms in total. The minimum atomic E-state index is 0.0447. The molecule has 1 saturated heterocycles. The molecule has 0 unspecified atom stereocenters. The van der Waals surface area contributed by atoms with E-state index in [4.69, 9.17) is 0 Å². The fourth-order valence-electron chi connectivity index (χ4n) is 6.99. The number of carbonyl (C=O) groups excluding carboxylic acids is 1. The lowest BCUT2D eigenvalue weighted by atomic mass is 9.40. The van der Waals surface area contributed by atoms with Gasteiger partial charge in [-0.05, 0) is 87.6 Å². The minimum Gasteiger partial charge on any atom is -0.317 e. The number of hydrogen-bond acceptors (Lipinski definition) is 2. The quantitative estimate of drug-likeness (QED) is 0.853. The van der Waals surface area contributed by atoms with Gasteiger partial charge in [-0.25, -0.2) is 0 Å². The van der Waals surface area contributed by atoms with Gasteiger partial charge in [-0.15, -0.1) is 0 Å². The summed E-state index contributed by atoms with van der Waals surface area (Å²) in [6.07, 6.45) is 11.6. The molecule has 4 saturated carbocycles. The second-order valence-electron chi connectivity index (χ2n) is 8.31. The third-order valence-electron chi connectivity index (χ3n) is 7.37. The topological polar surface area (TPSA) is 29.1 Å². The summed E-state index contributed by atoms with van der Waals surface area (Å²) in [4.78, 5) is 13.0. The smallest absolute Gasteiger partial charge is 0.139 e. The molecular formula is C18H29NO. The zero-order valence-electron chi connectivity index (χ0n) is 12.9. The molecular weight excluding hydrogens is 246 g/mol. The van der Waals surface area contributed by atoms with Crippen LogP contribution >= 0.6 is 0 Å². The third kappa shape index (κ3) is 1.70. The molecule has 0 radical (unpaired) electrons. The maximum atomic E-state index is 13.0. The molecule has 5 fully saturated rings. The molecule has 0 spiro atoms. The molecule has 0 amide bonds. The van der Waals surface area contributed by atoms with E-state index in [1.165, 1.54) is 38.5 Å². The molecule has 4 bridgehead atoms. The first-order valence-electron chi connectivity index (χ1n) is 8.91. The number of Topliss-reactive ketones (excluding diaryl/α,β-unsaturated/α-hetero) is 1. The van der Waals surface area contributed by atoms with Crippen molar-refractivity contribution in [3.8, 4) is 0 Å².